The Balaban J connectivity index is 1.51. The second-order valence-electron chi connectivity index (χ2n) is 7.19. The number of thioether (sulfide) groups is 1. The second kappa shape index (κ2) is 9.34. The van der Waals surface area contributed by atoms with Gasteiger partial charge in [-0.2, -0.15) is 0 Å². The summed E-state index contributed by atoms with van der Waals surface area (Å²) in [5.41, 5.74) is 3.24. The Hall–Kier alpha value is -3.13. The molecule has 0 unspecified atom stereocenters. The zero-order valence-electron chi connectivity index (χ0n) is 17.9. The number of carbonyl (C=O) groups is 1. The molecular formula is C23H26N4O3S. The van der Waals surface area contributed by atoms with Crippen molar-refractivity contribution in [1.29, 1.82) is 0 Å². The number of anilines is 1. The van der Waals surface area contributed by atoms with E-state index in [-0.39, 0.29) is 5.91 Å². The van der Waals surface area contributed by atoms with E-state index in [4.69, 9.17) is 9.47 Å². The molecule has 2 heterocycles. The number of nitrogens with one attached hydrogen (secondary N) is 1. The van der Waals surface area contributed by atoms with Gasteiger partial charge in [-0.3, -0.25) is 4.79 Å². The van der Waals surface area contributed by atoms with Crippen LogP contribution in [0.3, 0.4) is 0 Å². The molecule has 7 nitrogen and oxygen atoms in total. The number of piperazine rings is 1. The Kier molecular flexibility index (Phi) is 6.36. The molecule has 8 heteroatoms. The zero-order valence-corrected chi connectivity index (χ0v) is 18.7. The van der Waals surface area contributed by atoms with Crippen molar-refractivity contribution in [2.75, 3.05) is 51.6 Å². The number of nitrogens with zero attached hydrogens (tertiary/aromatic N) is 3. The lowest BCUT2D eigenvalue weighted by Crippen LogP contribution is -2.49. The van der Waals surface area contributed by atoms with Gasteiger partial charge in [-0.1, -0.05) is 42.1 Å². The Labute approximate surface area is 186 Å². The van der Waals surface area contributed by atoms with Crippen LogP contribution in [0.5, 0.6) is 11.5 Å². The summed E-state index contributed by atoms with van der Waals surface area (Å²) in [6.45, 7) is 2.69. The van der Waals surface area contributed by atoms with E-state index in [0.717, 1.165) is 46.7 Å². The molecule has 3 aromatic rings. The quantitative estimate of drug-likeness (QED) is 0.591. The van der Waals surface area contributed by atoms with Gasteiger partial charge in [0.2, 0.25) is 0 Å². The number of hydrogen-bond acceptors (Lipinski definition) is 6. The maximum absolute atomic E-state index is 13.3. The molecule has 0 radical (unpaired) electrons. The van der Waals surface area contributed by atoms with Crippen LogP contribution in [0.25, 0.3) is 11.3 Å². The van der Waals surface area contributed by atoms with Crippen LogP contribution in [-0.2, 0) is 0 Å². The van der Waals surface area contributed by atoms with Crippen LogP contribution in [0.1, 0.15) is 10.5 Å². The lowest BCUT2D eigenvalue weighted by Gasteiger charge is -2.36. The number of carbonyl (C=O) groups excluding carboxylic acids is 1. The fourth-order valence-corrected chi connectivity index (χ4v) is 4.10. The number of amides is 1. The summed E-state index contributed by atoms with van der Waals surface area (Å²) >= 11 is 1.50. The predicted octanol–water partition coefficient (Wildman–Crippen LogP) is 3.78. The predicted molar refractivity (Wildman–Crippen MR) is 123 cm³/mol. The van der Waals surface area contributed by atoms with Crippen molar-refractivity contribution in [2.45, 2.75) is 5.16 Å². The van der Waals surface area contributed by atoms with Crippen molar-refractivity contribution in [3.8, 4) is 22.8 Å². The molecule has 0 aliphatic carbocycles. The molecule has 1 aliphatic rings. The van der Waals surface area contributed by atoms with Crippen LogP contribution in [0.15, 0.2) is 53.7 Å². The summed E-state index contributed by atoms with van der Waals surface area (Å²) in [5, 5.41) is 0.740. The van der Waals surface area contributed by atoms with Gasteiger partial charge >= 0.3 is 0 Å². The first-order valence-corrected chi connectivity index (χ1v) is 11.3. The molecule has 0 saturated carbocycles. The Morgan fingerprint density at radius 1 is 1.00 bits per heavy atom. The Morgan fingerprint density at radius 2 is 1.65 bits per heavy atom. The summed E-state index contributed by atoms with van der Waals surface area (Å²) < 4.78 is 10.8. The molecule has 0 atom stereocenters. The van der Waals surface area contributed by atoms with E-state index in [1.165, 1.54) is 11.8 Å². The monoisotopic (exact) mass is 438 g/mol. The van der Waals surface area contributed by atoms with Crippen molar-refractivity contribution in [3.05, 3.63) is 54.2 Å². The third-order valence-corrected chi connectivity index (χ3v) is 5.99. The van der Waals surface area contributed by atoms with E-state index in [1.807, 2.05) is 59.7 Å². The Morgan fingerprint density at radius 3 is 2.23 bits per heavy atom. The highest BCUT2D eigenvalue weighted by molar-refractivity contribution is 7.98. The van der Waals surface area contributed by atoms with Crippen LogP contribution in [0.2, 0.25) is 0 Å². The molecule has 2 aromatic carbocycles. The van der Waals surface area contributed by atoms with E-state index in [0.29, 0.717) is 18.8 Å². The molecular weight excluding hydrogens is 412 g/mol. The molecule has 1 aliphatic heterocycles. The summed E-state index contributed by atoms with van der Waals surface area (Å²) in [6, 6.07) is 15.7. The van der Waals surface area contributed by atoms with Crippen molar-refractivity contribution >= 4 is 23.4 Å². The number of aromatic amines is 1. The molecule has 162 valence electrons. The molecule has 0 bridgehead atoms. The van der Waals surface area contributed by atoms with Gasteiger partial charge in [0.05, 0.1) is 19.9 Å². The van der Waals surface area contributed by atoms with E-state index < -0.39 is 0 Å². The lowest BCUT2D eigenvalue weighted by molar-refractivity contribution is 0.0742. The first kappa shape index (κ1) is 21.1. The number of ether oxygens (including phenoxy) is 2. The summed E-state index contributed by atoms with van der Waals surface area (Å²) in [4.78, 5) is 25.3. The number of aromatic nitrogens is 2. The standard InChI is InChI=1S/C23H26N4O3S/c1-29-18-13-17(14-19(15-18)30-2)26-9-11-27(12-10-26)22(28)21-20(24-23(25-21)31-3)16-7-5-4-6-8-16/h4-8,13-15H,9-12H2,1-3H3,(H,24,25). The van der Waals surface area contributed by atoms with E-state index >= 15 is 0 Å². The van der Waals surface area contributed by atoms with Gasteiger partial charge in [0, 0.05) is 55.6 Å². The molecule has 0 spiro atoms. The SMILES string of the molecule is COc1cc(OC)cc(N2CCN(C(=O)c3nc(SC)[nH]c3-c3ccccc3)CC2)c1. The van der Waals surface area contributed by atoms with Crippen LogP contribution >= 0.6 is 11.8 Å². The van der Waals surface area contributed by atoms with Crippen LogP contribution in [0.4, 0.5) is 5.69 Å². The summed E-state index contributed by atoms with van der Waals surface area (Å²) in [6.07, 6.45) is 1.95. The minimum Gasteiger partial charge on any atom is -0.497 e. The van der Waals surface area contributed by atoms with Gasteiger partial charge in [0.25, 0.3) is 5.91 Å². The highest BCUT2D eigenvalue weighted by atomic mass is 32.2. The van der Waals surface area contributed by atoms with Gasteiger partial charge < -0.3 is 24.3 Å². The highest BCUT2D eigenvalue weighted by Crippen LogP contribution is 2.30. The first-order valence-electron chi connectivity index (χ1n) is 10.1. The number of methoxy groups -OCH3 is 2. The Bertz CT molecular complexity index is 1020. The molecule has 1 aromatic heterocycles. The molecule has 1 N–H and O–H groups in total. The summed E-state index contributed by atoms with van der Waals surface area (Å²) in [7, 11) is 3.29. The highest BCUT2D eigenvalue weighted by Gasteiger charge is 2.27. The molecule has 1 fully saturated rings. The third-order valence-electron chi connectivity index (χ3n) is 5.41. The minimum atomic E-state index is -0.0433. The van der Waals surface area contributed by atoms with Gasteiger partial charge in [-0.15, -0.1) is 0 Å². The summed E-state index contributed by atoms with van der Waals surface area (Å²) in [5.74, 6) is 1.46. The lowest BCUT2D eigenvalue weighted by atomic mass is 10.1. The maximum Gasteiger partial charge on any atom is 0.274 e. The van der Waals surface area contributed by atoms with Gasteiger partial charge in [-0.05, 0) is 6.26 Å². The fourth-order valence-electron chi connectivity index (χ4n) is 3.71. The topological polar surface area (TPSA) is 70.7 Å². The zero-order chi connectivity index (χ0) is 21.8. The number of imidazole rings is 1. The van der Waals surface area contributed by atoms with Crippen LogP contribution in [-0.4, -0.2) is 67.4 Å². The van der Waals surface area contributed by atoms with E-state index in [1.54, 1.807) is 14.2 Å². The van der Waals surface area contributed by atoms with Gasteiger partial charge in [-0.25, -0.2) is 4.98 Å². The number of rotatable bonds is 6. The molecule has 31 heavy (non-hydrogen) atoms. The van der Waals surface area contributed by atoms with Crippen molar-refractivity contribution < 1.29 is 14.3 Å². The fraction of sp³-hybridized carbons (Fsp3) is 0.304. The van der Waals surface area contributed by atoms with Crippen molar-refractivity contribution in [1.82, 2.24) is 14.9 Å². The largest absolute Gasteiger partial charge is 0.497 e. The van der Waals surface area contributed by atoms with Crippen LogP contribution in [0, 0.1) is 0 Å². The number of benzene rings is 2. The normalized spacial score (nSPS) is 13.9. The average molecular weight is 439 g/mol. The molecule has 1 amide bonds. The second-order valence-corrected chi connectivity index (χ2v) is 7.98. The first-order chi connectivity index (χ1) is 15.1. The maximum atomic E-state index is 13.3. The third kappa shape index (κ3) is 4.49. The van der Waals surface area contributed by atoms with E-state index in [2.05, 4.69) is 14.9 Å². The average Bonchev–Trinajstić information content (AvgIpc) is 3.28. The van der Waals surface area contributed by atoms with Gasteiger partial charge in [0.15, 0.2) is 10.9 Å². The number of hydrogen-bond donors (Lipinski definition) is 1. The van der Waals surface area contributed by atoms with Crippen LogP contribution < -0.4 is 14.4 Å². The minimum absolute atomic E-state index is 0.0433. The molecule has 1 saturated heterocycles. The van der Waals surface area contributed by atoms with E-state index in [9.17, 15) is 4.79 Å². The van der Waals surface area contributed by atoms with Crippen molar-refractivity contribution in [2.24, 2.45) is 0 Å². The van der Waals surface area contributed by atoms with Crippen molar-refractivity contribution in [3.63, 3.8) is 0 Å². The molecule has 4 rings (SSSR count). The smallest absolute Gasteiger partial charge is 0.274 e. The van der Waals surface area contributed by atoms with Gasteiger partial charge in [0.1, 0.15) is 11.5 Å². The number of H-pyrrole nitrogens is 1.